The fourth-order valence-electron chi connectivity index (χ4n) is 1.41. The van der Waals surface area contributed by atoms with Gasteiger partial charge in [-0.3, -0.25) is 4.98 Å². The van der Waals surface area contributed by atoms with Crippen LogP contribution in [0.5, 0.6) is 0 Å². The first kappa shape index (κ1) is 14.8. The first-order chi connectivity index (χ1) is 7.85. The van der Waals surface area contributed by atoms with Crippen molar-refractivity contribution in [3.05, 3.63) is 23.5 Å². The summed E-state index contributed by atoms with van der Waals surface area (Å²) in [4.78, 5) is 3.95. The van der Waals surface area contributed by atoms with Crippen LogP contribution >= 0.6 is 0 Å². The number of anilines is 1. The predicted octanol–water partition coefficient (Wildman–Crippen LogP) is 2.82. The molecule has 0 aliphatic carbocycles. The molecule has 3 nitrogen and oxygen atoms in total. The van der Waals surface area contributed by atoms with Crippen LogP contribution in [0.4, 0.5) is 14.5 Å². The van der Waals surface area contributed by atoms with E-state index in [-0.39, 0.29) is 11.1 Å². The maximum Gasteiger partial charge on any atom is 0.317 e. The highest BCUT2D eigenvalue weighted by molar-refractivity contribution is 5.43. The fraction of sp³-hybridized carbons (Fsp3) is 0.615. The Labute approximate surface area is 106 Å². The Balaban J connectivity index is 3.40. The number of pyridine rings is 1. The maximum atomic E-state index is 14.0. The van der Waals surface area contributed by atoms with Crippen molar-refractivity contribution in [2.75, 3.05) is 5.73 Å². The van der Waals surface area contributed by atoms with Gasteiger partial charge in [-0.15, -0.1) is 0 Å². The number of hydrogen-bond donors (Lipinski definition) is 2. The quantitative estimate of drug-likeness (QED) is 0.857. The molecule has 5 heteroatoms. The van der Waals surface area contributed by atoms with Crippen LogP contribution in [0, 0.1) is 0 Å². The minimum Gasteiger partial charge on any atom is -0.399 e. The van der Waals surface area contributed by atoms with Crippen LogP contribution in [0.15, 0.2) is 12.1 Å². The lowest BCUT2D eigenvalue weighted by Gasteiger charge is -2.30. The standard InChI is InChI=1S/C13H20F2N2O/c1-11(2,3)9-6-8(16)7-10(17-9)13(14,15)12(4,5)18/h6-7,18H,1-5H3,(H2,16,17). The summed E-state index contributed by atoms with van der Waals surface area (Å²) in [6, 6.07) is 2.68. The van der Waals surface area contributed by atoms with Crippen LogP contribution in [-0.4, -0.2) is 15.7 Å². The topological polar surface area (TPSA) is 59.1 Å². The van der Waals surface area contributed by atoms with Gasteiger partial charge in [-0.1, -0.05) is 20.8 Å². The Morgan fingerprint density at radius 2 is 1.50 bits per heavy atom. The van der Waals surface area contributed by atoms with E-state index in [2.05, 4.69) is 4.98 Å². The third-order valence-corrected chi connectivity index (χ3v) is 2.71. The summed E-state index contributed by atoms with van der Waals surface area (Å²) in [6.45, 7) is 7.69. The van der Waals surface area contributed by atoms with E-state index in [1.54, 1.807) is 6.07 Å². The number of halogens is 2. The van der Waals surface area contributed by atoms with Crippen LogP contribution in [-0.2, 0) is 11.3 Å². The highest BCUT2D eigenvalue weighted by Gasteiger charge is 2.48. The Morgan fingerprint density at radius 3 is 1.89 bits per heavy atom. The molecule has 0 spiro atoms. The summed E-state index contributed by atoms with van der Waals surface area (Å²) < 4.78 is 28.1. The molecule has 1 rings (SSSR count). The first-order valence-corrected chi connectivity index (χ1v) is 5.74. The molecular formula is C13H20F2N2O. The van der Waals surface area contributed by atoms with Crippen molar-refractivity contribution in [2.45, 2.75) is 51.6 Å². The van der Waals surface area contributed by atoms with Crippen LogP contribution in [0.25, 0.3) is 0 Å². The highest BCUT2D eigenvalue weighted by atomic mass is 19.3. The number of hydrogen-bond acceptors (Lipinski definition) is 3. The van der Waals surface area contributed by atoms with Crippen molar-refractivity contribution in [1.29, 1.82) is 0 Å². The van der Waals surface area contributed by atoms with Gasteiger partial charge in [-0.2, -0.15) is 8.78 Å². The Kier molecular flexibility index (Phi) is 3.42. The van der Waals surface area contributed by atoms with Crippen LogP contribution in [0.2, 0.25) is 0 Å². The summed E-state index contributed by atoms with van der Waals surface area (Å²) in [7, 11) is 0. The molecule has 0 aliphatic rings. The number of nitrogens with two attached hydrogens (primary N) is 1. The normalized spacial score (nSPS) is 13.8. The van der Waals surface area contributed by atoms with E-state index in [0.29, 0.717) is 5.69 Å². The van der Waals surface area contributed by atoms with Gasteiger partial charge in [0.05, 0.1) is 0 Å². The fourth-order valence-corrected chi connectivity index (χ4v) is 1.41. The van der Waals surface area contributed by atoms with Gasteiger partial charge in [0.25, 0.3) is 0 Å². The van der Waals surface area contributed by atoms with Crippen molar-refractivity contribution in [3.8, 4) is 0 Å². The smallest absolute Gasteiger partial charge is 0.317 e. The number of rotatable bonds is 2. The summed E-state index contributed by atoms with van der Waals surface area (Å²) in [5, 5.41) is 9.55. The van der Waals surface area contributed by atoms with Gasteiger partial charge in [-0.05, 0) is 26.0 Å². The number of alkyl halides is 2. The molecule has 0 atom stereocenters. The third-order valence-electron chi connectivity index (χ3n) is 2.71. The number of aliphatic hydroxyl groups is 1. The Hall–Kier alpha value is -1.23. The van der Waals surface area contributed by atoms with Crippen molar-refractivity contribution >= 4 is 5.69 Å². The van der Waals surface area contributed by atoms with Gasteiger partial charge in [0.2, 0.25) is 0 Å². The van der Waals surface area contributed by atoms with Crippen molar-refractivity contribution < 1.29 is 13.9 Å². The Bertz CT molecular complexity index is 445. The number of nitrogen functional groups attached to an aromatic ring is 1. The predicted molar refractivity (Wildman–Crippen MR) is 67.5 cm³/mol. The van der Waals surface area contributed by atoms with Crippen LogP contribution in [0.3, 0.4) is 0 Å². The monoisotopic (exact) mass is 258 g/mol. The summed E-state index contributed by atoms with van der Waals surface area (Å²) >= 11 is 0. The molecule has 0 saturated heterocycles. The zero-order chi connectivity index (χ0) is 14.4. The van der Waals surface area contributed by atoms with Crippen molar-refractivity contribution in [3.63, 3.8) is 0 Å². The van der Waals surface area contributed by atoms with Gasteiger partial charge >= 0.3 is 5.92 Å². The van der Waals surface area contributed by atoms with E-state index in [0.717, 1.165) is 19.9 Å². The molecular weight excluding hydrogens is 238 g/mol. The largest absolute Gasteiger partial charge is 0.399 e. The second-order valence-corrected chi connectivity index (χ2v) is 6.05. The lowest BCUT2D eigenvalue weighted by molar-refractivity contribution is -0.171. The molecule has 3 N–H and O–H groups in total. The lowest BCUT2D eigenvalue weighted by atomic mass is 9.90. The zero-order valence-electron chi connectivity index (χ0n) is 11.4. The molecule has 102 valence electrons. The van der Waals surface area contributed by atoms with E-state index in [1.807, 2.05) is 20.8 Å². The minimum absolute atomic E-state index is 0.217. The van der Waals surface area contributed by atoms with E-state index in [1.165, 1.54) is 0 Å². The molecule has 0 fully saturated rings. The number of aromatic nitrogens is 1. The van der Waals surface area contributed by atoms with E-state index >= 15 is 0 Å². The van der Waals surface area contributed by atoms with Gasteiger partial charge < -0.3 is 10.8 Å². The van der Waals surface area contributed by atoms with Gasteiger partial charge in [0, 0.05) is 16.8 Å². The SMILES string of the molecule is CC(C)(C)c1cc(N)cc(C(F)(F)C(C)(C)O)n1. The molecule has 0 amide bonds. The van der Waals surface area contributed by atoms with Crippen LogP contribution in [0.1, 0.15) is 46.0 Å². The molecule has 0 unspecified atom stereocenters. The molecule has 0 aliphatic heterocycles. The maximum absolute atomic E-state index is 14.0. The summed E-state index contributed by atoms with van der Waals surface area (Å²) in [5.74, 6) is -3.46. The number of nitrogens with zero attached hydrogens (tertiary/aromatic N) is 1. The molecule has 0 saturated carbocycles. The second-order valence-electron chi connectivity index (χ2n) is 6.05. The lowest BCUT2D eigenvalue weighted by Crippen LogP contribution is -2.41. The first-order valence-electron chi connectivity index (χ1n) is 5.74. The second kappa shape index (κ2) is 4.16. The molecule has 1 aromatic heterocycles. The Morgan fingerprint density at radius 1 is 1.06 bits per heavy atom. The van der Waals surface area contributed by atoms with Gasteiger partial charge in [0.15, 0.2) is 0 Å². The third kappa shape index (κ3) is 2.77. The van der Waals surface area contributed by atoms with E-state index in [9.17, 15) is 13.9 Å². The van der Waals surface area contributed by atoms with E-state index < -0.39 is 17.2 Å². The van der Waals surface area contributed by atoms with Gasteiger partial charge in [-0.25, -0.2) is 0 Å². The van der Waals surface area contributed by atoms with Gasteiger partial charge in [0.1, 0.15) is 11.3 Å². The summed E-state index contributed by atoms with van der Waals surface area (Å²) in [6.07, 6.45) is 0. The zero-order valence-corrected chi connectivity index (χ0v) is 11.4. The highest BCUT2D eigenvalue weighted by Crippen LogP contribution is 2.39. The van der Waals surface area contributed by atoms with E-state index in [4.69, 9.17) is 5.73 Å². The molecule has 0 radical (unpaired) electrons. The molecule has 1 aromatic rings. The van der Waals surface area contributed by atoms with Crippen molar-refractivity contribution in [2.24, 2.45) is 0 Å². The average molecular weight is 258 g/mol. The summed E-state index contributed by atoms with van der Waals surface area (Å²) in [5.41, 5.74) is 3.25. The van der Waals surface area contributed by atoms with Crippen LogP contribution < -0.4 is 5.73 Å². The molecule has 0 aromatic carbocycles. The minimum atomic E-state index is -3.46. The average Bonchev–Trinajstić information content (AvgIpc) is 2.13. The molecule has 18 heavy (non-hydrogen) atoms. The molecule has 1 heterocycles. The van der Waals surface area contributed by atoms with Crippen molar-refractivity contribution in [1.82, 2.24) is 4.98 Å². The molecule has 0 bridgehead atoms.